The second kappa shape index (κ2) is 8.38. The molecule has 3 rings (SSSR count). The minimum Gasteiger partial charge on any atom is -0.309 e. The van der Waals surface area contributed by atoms with Gasteiger partial charge in [-0.25, -0.2) is 4.98 Å². The van der Waals surface area contributed by atoms with Crippen LogP contribution in [0.5, 0.6) is 0 Å². The van der Waals surface area contributed by atoms with E-state index >= 15 is 0 Å². The molecule has 27 heavy (non-hydrogen) atoms. The van der Waals surface area contributed by atoms with Crippen molar-refractivity contribution < 1.29 is 4.79 Å². The highest BCUT2D eigenvalue weighted by Gasteiger charge is 2.21. The van der Waals surface area contributed by atoms with Crippen molar-refractivity contribution >= 4 is 44.2 Å². The highest BCUT2D eigenvalue weighted by Crippen LogP contribution is 2.32. The molecule has 1 amide bonds. The minimum absolute atomic E-state index is 0.0660. The molecular formula is C21H24ClN3OS. The number of aryl methyl sites for hydroxylation is 2. The van der Waals surface area contributed by atoms with Crippen LogP contribution in [0.2, 0.25) is 5.02 Å². The van der Waals surface area contributed by atoms with Gasteiger partial charge in [-0.2, -0.15) is 0 Å². The van der Waals surface area contributed by atoms with Crippen molar-refractivity contribution in [1.82, 2.24) is 9.88 Å². The van der Waals surface area contributed by atoms with Gasteiger partial charge in [0.1, 0.15) is 0 Å². The van der Waals surface area contributed by atoms with Crippen LogP contribution < -0.4 is 4.90 Å². The Labute approximate surface area is 169 Å². The largest absolute Gasteiger partial charge is 0.309 e. The molecule has 2 aromatic carbocycles. The smallest absolute Gasteiger partial charge is 0.260 e. The number of fused-ring (bicyclic) bond motifs is 1. The fraction of sp³-hybridized carbons (Fsp3) is 0.333. The summed E-state index contributed by atoms with van der Waals surface area (Å²) in [6.45, 7) is 5.70. The van der Waals surface area contributed by atoms with E-state index < -0.39 is 0 Å². The number of hydrogen-bond donors (Lipinski definition) is 0. The van der Waals surface area contributed by atoms with Crippen LogP contribution in [0.4, 0.5) is 5.13 Å². The molecule has 0 aliphatic heterocycles. The lowest BCUT2D eigenvalue weighted by molar-refractivity contribution is 0.0986. The average Bonchev–Trinajstić information content (AvgIpc) is 3.00. The number of hydrogen-bond acceptors (Lipinski definition) is 4. The molecule has 0 N–H and O–H groups in total. The second-order valence-electron chi connectivity index (χ2n) is 7.02. The van der Waals surface area contributed by atoms with Crippen LogP contribution in [0.15, 0.2) is 36.4 Å². The van der Waals surface area contributed by atoms with Crippen LogP contribution in [-0.4, -0.2) is 43.0 Å². The van der Waals surface area contributed by atoms with Gasteiger partial charge in [-0.1, -0.05) is 29.0 Å². The highest BCUT2D eigenvalue weighted by atomic mass is 35.5. The molecule has 0 saturated heterocycles. The fourth-order valence-electron chi connectivity index (χ4n) is 2.89. The van der Waals surface area contributed by atoms with Gasteiger partial charge in [-0.15, -0.1) is 0 Å². The van der Waals surface area contributed by atoms with Gasteiger partial charge in [-0.3, -0.25) is 9.69 Å². The summed E-state index contributed by atoms with van der Waals surface area (Å²) in [5.74, 6) is -0.0660. The molecule has 0 saturated carbocycles. The summed E-state index contributed by atoms with van der Waals surface area (Å²) in [6.07, 6.45) is 0.868. The fourth-order valence-corrected chi connectivity index (χ4v) is 4.15. The Hall–Kier alpha value is -1.95. The monoisotopic (exact) mass is 401 g/mol. The molecular weight excluding hydrogens is 378 g/mol. The van der Waals surface area contributed by atoms with E-state index in [1.165, 1.54) is 11.1 Å². The number of aromatic nitrogens is 1. The molecule has 1 heterocycles. The Balaban J connectivity index is 1.97. The summed E-state index contributed by atoms with van der Waals surface area (Å²) in [7, 11) is 4.07. The summed E-state index contributed by atoms with van der Waals surface area (Å²) < 4.78 is 1.10. The third-order valence-corrected chi connectivity index (χ3v) is 5.80. The molecule has 0 unspecified atom stereocenters. The van der Waals surface area contributed by atoms with Crippen LogP contribution in [-0.2, 0) is 0 Å². The Morgan fingerprint density at radius 3 is 2.56 bits per heavy atom. The molecule has 0 atom stereocenters. The first-order valence-electron chi connectivity index (χ1n) is 8.95. The summed E-state index contributed by atoms with van der Waals surface area (Å²) in [5, 5.41) is 1.29. The minimum atomic E-state index is -0.0660. The Morgan fingerprint density at radius 2 is 1.85 bits per heavy atom. The standard InChI is InChI=1S/C21H24ClN3OS/c1-14-11-18-19(12-15(14)2)27-21(23-18)25(10-6-9-24(3)4)20(26)16-7-5-8-17(22)13-16/h5,7-8,11-13H,6,9-10H2,1-4H3. The van der Waals surface area contributed by atoms with Crippen LogP contribution in [0, 0.1) is 13.8 Å². The molecule has 3 aromatic rings. The number of thiazole rings is 1. The lowest BCUT2D eigenvalue weighted by Crippen LogP contribution is -2.33. The van der Waals surface area contributed by atoms with E-state index in [2.05, 4.69) is 30.9 Å². The first kappa shape index (κ1) is 19.8. The van der Waals surface area contributed by atoms with E-state index in [0.29, 0.717) is 17.1 Å². The maximum absolute atomic E-state index is 13.2. The van der Waals surface area contributed by atoms with E-state index in [0.717, 1.165) is 28.3 Å². The van der Waals surface area contributed by atoms with Gasteiger partial charge in [0.25, 0.3) is 5.91 Å². The molecule has 0 spiro atoms. The molecule has 4 nitrogen and oxygen atoms in total. The zero-order valence-corrected chi connectivity index (χ0v) is 17.7. The maximum Gasteiger partial charge on any atom is 0.260 e. The van der Waals surface area contributed by atoms with E-state index in [9.17, 15) is 4.79 Å². The molecule has 142 valence electrons. The predicted octanol–water partition coefficient (Wildman–Crippen LogP) is 5.17. The van der Waals surface area contributed by atoms with Crippen LogP contribution in [0.3, 0.4) is 0 Å². The lowest BCUT2D eigenvalue weighted by atomic mass is 10.1. The van der Waals surface area contributed by atoms with Gasteiger partial charge in [0, 0.05) is 17.1 Å². The van der Waals surface area contributed by atoms with Crippen LogP contribution >= 0.6 is 22.9 Å². The molecule has 0 aliphatic rings. The Morgan fingerprint density at radius 1 is 1.11 bits per heavy atom. The van der Waals surface area contributed by atoms with Gasteiger partial charge < -0.3 is 4.90 Å². The van der Waals surface area contributed by atoms with Crippen molar-refractivity contribution in [2.45, 2.75) is 20.3 Å². The van der Waals surface area contributed by atoms with Crippen molar-refractivity contribution in [3.63, 3.8) is 0 Å². The van der Waals surface area contributed by atoms with E-state index in [-0.39, 0.29) is 5.91 Å². The molecule has 1 aromatic heterocycles. The zero-order chi connectivity index (χ0) is 19.6. The average molecular weight is 402 g/mol. The zero-order valence-electron chi connectivity index (χ0n) is 16.1. The highest BCUT2D eigenvalue weighted by molar-refractivity contribution is 7.22. The van der Waals surface area contributed by atoms with Gasteiger partial charge >= 0.3 is 0 Å². The molecule has 0 bridgehead atoms. The molecule has 0 aliphatic carbocycles. The number of nitrogens with zero attached hydrogens (tertiary/aromatic N) is 3. The van der Waals surface area contributed by atoms with Gasteiger partial charge in [-0.05, 0) is 82.4 Å². The number of amides is 1. The quantitative estimate of drug-likeness (QED) is 0.572. The maximum atomic E-state index is 13.2. The number of rotatable bonds is 6. The first-order valence-corrected chi connectivity index (χ1v) is 10.1. The van der Waals surface area contributed by atoms with Crippen molar-refractivity contribution in [1.29, 1.82) is 0 Å². The number of carbonyl (C=O) groups excluding carboxylic acids is 1. The van der Waals surface area contributed by atoms with Gasteiger partial charge in [0.2, 0.25) is 0 Å². The van der Waals surface area contributed by atoms with E-state index in [4.69, 9.17) is 16.6 Å². The number of carbonyl (C=O) groups is 1. The second-order valence-corrected chi connectivity index (χ2v) is 8.47. The molecule has 0 radical (unpaired) electrons. The predicted molar refractivity (Wildman–Crippen MR) is 115 cm³/mol. The van der Waals surface area contributed by atoms with Crippen molar-refractivity contribution in [2.24, 2.45) is 0 Å². The van der Waals surface area contributed by atoms with Crippen LogP contribution in [0.25, 0.3) is 10.2 Å². The topological polar surface area (TPSA) is 36.4 Å². The SMILES string of the molecule is Cc1cc2nc(N(CCCN(C)C)C(=O)c3cccc(Cl)c3)sc2cc1C. The summed E-state index contributed by atoms with van der Waals surface area (Å²) in [6, 6.07) is 11.3. The Bertz CT molecular complexity index is 928. The van der Waals surface area contributed by atoms with Crippen molar-refractivity contribution in [3.8, 4) is 0 Å². The normalized spacial score (nSPS) is 11.3. The molecule has 0 fully saturated rings. The molecule has 6 heteroatoms. The van der Waals surface area contributed by atoms with Crippen molar-refractivity contribution in [3.05, 3.63) is 58.1 Å². The Kier molecular flexibility index (Phi) is 6.15. The first-order chi connectivity index (χ1) is 12.8. The van der Waals surface area contributed by atoms with E-state index in [1.807, 2.05) is 14.1 Å². The third-order valence-electron chi connectivity index (χ3n) is 4.53. The third kappa shape index (κ3) is 4.67. The summed E-state index contributed by atoms with van der Waals surface area (Å²) in [4.78, 5) is 21.9. The lowest BCUT2D eigenvalue weighted by Gasteiger charge is -2.21. The van der Waals surface area contributed by atoms with Gasteiger partial charge in [0.15, 0.2) is 5.13 Å². The number of benzene rings is 2. The summed E-state index contributed by atoms with van der Waals surface area (Å²) in [5.41, 5.74) is 3.96. The van der Waals surface area contributed by atoms with Crippen LogP contribution in [0.1, 0.15) is 27.9 Å². The van der Waals surface area contributed by atoms with Crippen molar-refractivity contribution in [2.75, 3.05) is 32.1 Å². The number of anilines is 1. The summed E-state index contributed by atoms with van der Waals surface area (Å²) >= 11 is 7.66. The van der Waals surface area contributed by atoms with E-state index in [1.54, 1.807) is 40.5 Å². The number of halogens is 1. The van der Waals surface area contributed by atoms with Gasteiger partial charge in [0.05, 0.1) is 10.2 Å².